The van der Waals surface area contributed by atoms with Gasteiger partial charge in [-0.3, -0.25) is 4.99 Å². The molecule has 0 bridgehead atoms. The molecule has 0 aliphatic heterocycles. The summed E-state index contributed by atoms with van der Waals surface area (Å²) in [5.74, 6) is 1.43. The largest absolute Gasteiger partial charge is 0.381 e. The summed E-state index contributed by atoms with van der Waals surface area (Å²) in [6.45, 7) is 9.73. The summed E-state index contributed by atoms with van der Waals surface area (Å²) in [4.78, 5) is 4.23. The molecule has 126 valence electrons. The van der Waals surface area contributed by atoms with Crippen molar-refractivity contribution in [2.45, 2.75) is 33.7 Å². The molecule has 1 aromatic carbocycles. The number of guanidine groups is 1. The van der Waals surface area contributed by atoms with Gasteiger partial charge in [-0.1, -0.05) is 38.1 Å². The van der Waals surface area contributed by atoms with Gasteiger partial charge in [0.2, 0.25) is 0 Å². The molecule has 0 aromatic heterocycles. The summed E-state index contributed by atoms with van der Waals surface area (Å²) in [7, 11) is 1.79. The van der Waals surface area contributed by atoms with Crippen molar-refractivity contribution in [3.63, 3.8) is 0 Å². The number of aliphatic imine (C=N–C) groups is 1. The highest BCUT2D eigenvalue weighted by Crippen LogP contribution is 2.05. The van der Waals surface area contributed by atoms with Crippen molar-refractivity contribution >= 4 is 29.9 Å². The van der Waals surface area contributed by atoms with Crippen LogP contribution >= 0.6 is 24.0 Å². The fourth-order valence-corrected chi connectivity index (χ4v) is 1.91. The van der Waals surface area contributed by atoms with E-state index in [1.807, 2.05) is 0 Å². The van der Waals surface area contributed by atoms with Crippen LogP contribution in [0.1, 0.15) is 31.4 Å². The first-order valence-electron chi connectivity index (χ1n) is 7.70. The number of halogens is 1. The molecule has 4 nitrogen and oxygen atoms in total. The van der Waals surface area contributed by atoms with Crippen LogP contribution in [0.3, 0.4) is 0 Å². The standard InChI is InChI=1S/C17H29N3O.HI/c1-14(2)13-21-11-7-10-19-17(18-4)20-12-16-9-6-5-8-15(16)3;/h5-6,8-9,14H,7,10-13H2,1-4H3,(H2,18,19,20);1H. The Morgan fingerprint density at radius 3 is 2.59 bits per heavy atom. The first kappa shape index (κ1) is 21.2. The zero-order valence-electron chi connectivity index (χ0n) is 14.2. The second kappa shape index (κ2) is 12.7. The Balaban J connectivity index is 0.00000441. The summed E-state index contributed by atoms with van der Waals surface area (Å²) in [6, 6.07) is 8.38. The van der Waals surface area contributed by atoms with Crippen LogP contribution in [0.2, 0.25) is 0 Å². The van der Waals surface area contributed by atoms with Gasteiger partial charge in [-0.15, -0.1) is 24.0 Å². The highest BCUT2D eigenvalue weighted by Gasteiger charge is 2.00. The van der Waals surface area contributed by atoms with Crippen molar-refractivity contribution in [1.29, 1.82) is 0 Å². The molecule has 5 heteroatoms. The number of nitrogens with zero attached hydrogens (tertiary/aromatic N) is 1. The van der Waals surface area contributed by atoms with Crippen molar-refractivity contribution < 1.29 is 4.74 Å². The highest BCUT2D eigenvalue weighted by molar-refractivity contribution is 14.0. The van der Waals surface area contributed by atoms with E-state index in [4.69, 9.17) is 4.74 Å². The molecule has 0 saturated heterocycles. The maximum absolute atomic E-state index is 5.56. The third-order valence-corrected chi connectivity index (χ3v) is 3.14. The van der Waals surface area contributed by atoms with Crippen molar-refractivity contribution in [3.05, 3.63) is 35.4 Å². The molecule has 0 fully saturated rings. The van der Waals surface area contributed by atoms with Gasteiger partial charge in [0.1, 0.15) is 0 Å². The number of aryl methyl sites for hydroxylation is 1. The Labute approximate surface area is 152 Å². The van der Waals surface area contributed by atoms with E-state index < -0.39 is 0 Å². The minimum absolute atomic E-state index is 0. The molecular weight excluding hydrogens is 389 g/mol. The fraction of sp³-hybridized carbons (Fsp3) is 0.588. The van der Waals surface area contributed by atoms with E-state index in [0.29, 0.717) is 5.92 Å². The molecule has 0 aliphatic rings. The lowest BCUT2D eigenvalue weighted by molar-refractivity contribution is 0.108. The molecule has 1 rings (SSSR count). The minimum atomic E-state index is 0. The molecule has 0 atom stereocenters. The van der Waals surface area contributed by atoms with E-state index in [-0.39, 0.29) is 24.0 Å². The molecular formula is C17H30IN3O. The molecule has 0 unspecified atom stereocenters. The number of hydrogen-bond donors (Lipinski definition) is 2. The Morgan fingerprint density at radius 1 is 1.23 bits per heavy atom. The molecule has 0 amide bonds. The molecule has 0 heterocycles. The van der Waals surface area contributed by atoms with E-state index in [0.717, 1.165) is 38.7 Å². The van der Waals surface area contributed by atoms with Crippen LogP contribution in [0, 0.1) is 12.8 Å². The van der Waals surface area contributed by atoms with Gasteiger partial charge in [0.25, 0.3) is 0 Å². The number of rotatable bonds is 8. The fourth-order valence-electron chi connectivity index (χ4n) is 1.91. The summed E-state index contributed by atoms with van der Waals surface area (Å²) >= 11 is 0. The third-order valence-electron chi connectivity index (χ3n) is 3.14. The molecule has 0 saturated carbocycles. The molecule has 1 aromatic rings. The quantitative estimate of drug-likeness (QED) is 0.294. The normalized spacial score (nSPS) is 11.2. The predicted molar refractivity (Wildman–Crippen MR) is 105 cm³/mol. The van der Waals surface area contributed by atoms with Gasteiger partial charge in [0.05, 0.1) is 0 Å². The second-order valence-electron chi connectivity index (χ2n) is 5.60. The van der Waals surface area contributed by atoms with Crippen LogP contribution in [-0.4, -0.2) is 32.8 Å². The van der Waals surface area contributed by atoms with Gasteiger partial charge in [-0.25, -0.2) is 0 Å². The Bertz CT molecular complexity index is 436. The van der Waals surface area contributed by atoms with Gasteiger partial charge >= 0.3 is 0 Å². The van der Waals surface area contributed by atoms with E-state index in [2.05, 4.69) is 60.7 Å². The van der Waals surface area contributed by atoms with Gasteiger partial charge in [-0.05, 0) is 30.4 Å². The van der Waals surface area contributed by atoms with Crippen molar-refractivity contribution in [2.24, 2.45) is 10.9 Å². The average molecular weight is 419 g/mol. The number of hydrogen-bond acceptors (Lipinski definition) is 2. The number of benzene rings is 1. The van der Waals surface area contributed by atoms with Gasteiger partial charge < -0.3 is 15.4 Å². The Morgan fingerprint density at radius 2 is 1.95 bits per heavy atom. The van der Waals surface area contributed by atoms with Gasteiger partial charge in [-0.2, -0.15) is 0 Å². The maximum atomic E-state index is 5.56. The van der Waals surface area contributed by atoms with E-state index >= 15 is 0 Å². The zero-order valence-corrected chi connectivity index (χ0v) is 16.5. The van der Waals surface area contributed by atoms with Crippen LogP contribution < -0.4 is 10.6 Å². The van der Waals surface area contributed by atoms with Crippen LogP contribution in [0.25, 0.3) is 0 Å². The smallest absolute Gasteiger partial charge is 0.191 e. The predicted octanol–water partition coefficient (Wildman–Crippen LogP) is 3.34. The summed E-state index contributed by atoms with van der Waals surface area (Å²) < 4.78 is 5.56. The van der Waals surface area contributed by atoms with Crippen LogP contribution in [0.5, 0.6) is 0 Å². The first-order valence-corrected chi connectivity index (χ1v) is 7.70. The molecule has 0 aliphatic carbocycles. The summed E-state index contributed by atoms with van der Waals surface area (Å²) in [5, 5.41) is 6.64. The molecule has 2 N–H and O–H groups in total. The molecule has 22 heavy (non-hydrogen) atoms. The van der Waals surface area contributed by atoms with Gasteiger partial charge in [0.15, 0.2) is 5.96 Å². The third kappa shape index (κ3) is 9.25. The SMILES string of the molecule is CN=C(NCCCOCC(C)C)NCc1ccccc1C.I. The van der Waals surface area contributed by atoms with E-state index in [9.17, 15) is 0 Å². The van der Waals surface area contributed by atoms with Crippen molar-refractivity contribution in [2.75, 3.05) is 26.8 Å². The number of nitrogens with one attached hydrogen (secondary N) is 2. The topological polar surface area (TPSA) is 45.7 Å². The van der Waals surface area contributed by atoms with Crippen LogP contribution in [0.4, 0.5) is 0 Å². The van der Waals surface area contributed by atoms with Crippen molar-refractivity contribution in [3.8, 4) is 0 Å². The minimum Gasteiger partial charge on any atom is -0.381 e. The van der Waals surface area contributed by atoms with E-state index in [1.165, 1.54) is 11.1 Å². The second-order valence-corrected chi connectivity index (χ2v) is 5.60. The zero-order chi connectivity index (χ0) is 15.5. The molecule has 0 radical (unpaired) electrons. The summed E-state index contributed by atoms with van der Waals surface area (Å²) in [5.41, 5.74) is 2.59. The monoisotopic (exact) mass is 419 g/mol. The summed E-state index contributed by atoms with van der Waals surface area (Å²) in [6.07, 6.45) is 0.984. The maximum Gasteiger partial charge on any atom is 0.191 e. The Hall–Kier alpha value is -0.820. The highest BCUT2D eigenvalue weighted by atomic mass is 127. The van der Waals surface area contributed by atoms with Gasteiger partial charge in [0, 0.05) is 33.4 Å². The Kier molecular flexibility index (Phi) is 12.2. The lowest BCUT2D eigenvalue weighted by Gasteiger charge is -2.13. The average Bonchev–Trinajstić information content (AvgIpc) is 2.47. The lowest BCUT2D eigenvalue weighted by atomic mass is 10.1. The molecule has 0 spiro atoms. The van der Waals surface area contributed by atoms with Crippen molar-refractivity contribution in [1.82, 2.24) is 10.6 Å². The van der Waals surface area contributed by atoms with Crippen LogP contribution in [-0.2, 0) is 11.3 Å². The van der Waals surface area contributed by atoms with Crippen LogP contribution in [0.15, 0.2) is 29.3 Å². The lowest BCUT2D eigenvalue weighted by Crippen LogP contribution is -2.37. The number of ether oxygens (including phenoxy) is 1. The first-order chi connectivity index (χ1) is 10.1. The van der Waals surface area contributed by atoms with E-state index in [1.54, 1.807) is 7.05 Å².